The van der Waals surface area contributed by atoms with Crippen molar-refractivity contribution in [3.8, 4) is 5.75 Å². The Bertz CT molecular complexity index is 721. The molecule has 0 bridgehead atoms. The number of ether oxygens (including phenoxy) is 1. The van der Waals surface area contributed by atoms with Gasteiger partial charge in [-0.2, -0.15) is 5.10 Å². The summed E-state index contributed by atoms with van der Waals surface area (Å²) in [6, 6.07) is 5.20. The number of aryl methyl sites for hydroxylation is 1. The maximum absolute atomic E-state index is 14.3. The standard InChI is InChI=1S/C19H27FN4O2/c1-22-11-15(10-21-22)12-23-6-7-24(17(14-23)5-8-25)13-16-3-4-18(26-2)9-19(16)20/h3-4,9-11,17,25H,5-8,12-14H2,1-2H3. The minimum atomic E-state index is -0.245. The van der Waals surface area contributed by atoms with E-state index in [0.717, 1.165) is 26.2 Å². The predicted molar refractivity (Wildman–Crippen MR) is 97.3 cm³/mol. The van der Waals surface area contributed by atoms with Crippen LogP contribution in [0.1, 0.15) is 17.5 Å². The summed E-state index contributed by atoms with van der Waals surface area (Å²) in [6.45, 7) is 4.13. The van der Waals surface area contributed by atoms with Gasteiger partial charge in [0.25, 0.3) is 0 Å². The lowest BCUT2D eigenvalue weighted by molar-refractivity contribution is 0.0493. The molecule has 7 heteroatoms. The molecule has 1 aliphatic rings. The quantitative estimate of drug-likeness (QED) is 0.812. The molecule has 0 amide bonds. The Hall–Kier alpha value is -1.96. The van der Waals surface area contributed by atoms with Crippen molar-refractivity contribution in [3.05, 3.63) is 47.5 Å². The van der Waals surface area contributed by atoms with Gasteiger partial charge in [-0.05, 0) is 12.5 Å². The molecule has 1 N–H and O–H groups in total. The van der Waals surface area contributed by atoms with Gasteiger partial charge in [0.1, 0.15) is 11.6 Å². The topological polar surface area (TPSA) is 53.8 Å². The predicted octanol–water partition coefficient (Wildman–Crippen LogP) is 1.64. The number of aromatic nitrogens is 2. The largest absolute Gasteiger partial charge is 0.497 e. The summed E-state index contributed by atoms with van der Waals surface area (Å²) in [5.74, 6) is 0.282. The number of piperazine rings is 1. The van der Waals surface area contributed by atoms with Crippen LogP contribution >= 0.6 is 0 Å². The Morgan fingerprint density at radius 2 is 2.15 bits per heavy atom. The highest BCUT2D eigenvalue weighted by molar-refractivity contribution is 5.29. The monoisotopic (exact) mass is 362 g/mol. The fraction of sp³-hybridized carbons (Fsp3) is 0.526. The molecule has 1 aliphatic heterocycles. The molecule has 142 valence electrons. The number of halogens is 1. The molecular formula is C19H27FN4O2. The third kappa shape index (κ3) is 4.60. The highest BCUT2D eigenvalue weighted by Crippen LogP contribution is 2.22. The van der Waals surface area contributed by atoms with Gasteiger partial charge in [-0.1, -0.05) is 6.07 Å². The number of methoxy groups -OCH3 is 1. The van der Waals surface area contributed by atoms with E-state index in [9.17, 15) is 9.50 Å². The maximum Gasteiger partial charge on any atom is 0.131 e. The molecule has 26 heavy (non-hydrogen) atoms. The van der Waals surface area contributed by atoms with E-state index < -0.39 is 0 Å². The number of aliphatic hydroxyl groups is 1. The van der Waals surface area contributed by atoms with Gasteiger partial charge in [-0.25, -0.2) is 4.39 Å². The molecule has 1 aromatic heterocycles. The third-order valence-corrected chi connectivity index (χ3v) is 4.95. The van der Waals surface area contributed by atoms with Crippen molar-refractivity contribution >= 4 is 0 Å². The fourth-order valence-corrected chi connectivity index (χ4v) is 3.55. The molecular weight excluding hydrogens is 335 g/mol. The Balaban J connectivity index is 1.64. The molecule has 2 aromatic rings. The molecule has 6 nitrogen and oxygen atoms in total. The summed E-state index contributed by atoms with van der Waals surface area (Å²) in [5.41, 5.74) is 1.85. The summed E-state index contributed by atoms with van der Waals surface area (Å²) >= 11 is 0. The van der Waals surface area contributed by atoms with Gasteiger partial charge in [0, 0.05) is 75.8 Å². The van der Waals surface area contributed by atoms with Gasteiger partial charge in [-0.15, -0.1) is 0 Å². The smallest absolute Gasteiger partial charge is 0.131 e. The van der Waals surface area contributed by atoms with E-state index in [1.165, 1.54) is 18.7 Å². The van der Waals surface area contributed by atoms with Gasteiger partial charge in [0.05, 0.1) is 13.3 Å². The number of nitrogens with zero attached hydrogens (tertiary/aromatic N) is 4. The molecule has 1 saturated heterocycles. The molecule has 1 atom stereocenters. The lowest BCUT2D eigenvalue weighted by Gasteiger charge is -2.41. The van der Waals surface area contributed by atoms with E-state index in [-0.39, 0.29) is 18.5 Å². The van der Waals surface area contributed by atoms with E-state index in [1.54, 1.807) is 12.1 Å². The van der Waals surface area contributed by atoms with Crippen molar-refractivity contribution in [2.75, 3.05) is 33.4 Å². The third-order valence-electron chi connectivity index (χ3n) is 4.95. The first-order chi connectivity index (χ1) is 12.6. The number of benzene rings is 1. The first kappa shape index (κ1) is 18.8. The molecule has 0 aliphatic carbocycles. The van der Waals surface area contributed by atoms with Crippen LogP contribution in [0.25, 0.3) is 0 Å². The molecule has 1 unspecified atom stereocenters. The minimum absolute atomic E-state index is 0.132. The average molecular weight is 362 g/mol. The van der Waals surface area contributed by atoms with Crippen molar-refractivity contribution in [2.24, 2.45) is 7.05 Å². The van der Waals surface area contributed by atoms with Crippen LogP contribution in [0.3, 0.4) is 0 Å². The molecule has 1 fully saturated rings. The Morgan fingerprint density at radius 1 is 1.31 bits per heavy atom. The van der Waals surface area contributed by atoms with Crippen LogP contribution in [-0.2, 0) is 20.1 Å². The zero-order chi connectivity index (χ0) is 18.5. The highest BCUT2D eigenvalue weighted by atomic mass is 19.1. The van der Waals surface area contributed by atoms with Crippen LogP contribution in [0.4, 0.5) is 4.39 Å². The van der Waals surface area contributed by atoms with Crippen LogP contribution in [-0.4, -0.2) is 64.1 Å². The molecule has 2 heterocycles. The van der Waals surface area contributed by atoms with Gasteiger partial charge in [0.15, 0.2) is 0 Å². The van der Waals surface area contributed by atoms with Gasteiger partial charge >= 0.3 is 0 Å². The second-order valence-electron chi connectivity index (χ2n) is 6.85. The van der Waals surface area contributed by atoms with Crippen LogP contribution in [0, 0.1) is 5.82 Å². The molecule has 3 rings (SSSR count). The summed E-state index contributed by atoms with van der Waals surface area (Å²) < 4.78 is 21.2. The van der Waals surface area contributed by atoms with E-state index in [2.05, 4.69) is 14.9 Å². The lowest BCUT2D eigenvalue weighted by atomic mass is 10.1. The molecule has 1 aromatic carbocycles. The molecule has 0 spiro atoms. The van der Waals surface area contributed by atoms with E-state index in [4.69, 9.17) is 4.74 Å². The zero-order valence-corrected chi connectivity index (χ0v) is 15.4. The van der Waals surface area contributed by atoms with E-state index in [1.807, 2.05) is 24.1 Å². The fourth-order valence-electron chi connectivity index (χ4n) is 3.55. The van der Waals surface area contributed by atoms with Crippen LogP contribution < -0.4 is 4.74 Å². The summed E-state index contributed by atoms with van der Waals surface area (Å²) in [4.78, 5) is 4.64. The van der Waals surface area contributed by atoms with E-state index in [0.29, 0.717) is 24.3 Å². The highest BCUT2D eigenvalue weighted by Gasteiger charge is 2.27. The van der Waals surface area contributed by atoms with Gasteiger partial charge in [-0.3, -0.25) is 14.5 Å². The van der Waals surface area contributed by atoms with Crippen molar-refractivity contribution in [2.45, 2.75) is 25.6 Å². The number of hydrogen-bond acceptors (Lipinski definition) is 5. The second kappa shape index (κ2) is 8.62. The lowest BCUT2D eigenvalue weighted by Crippen LogP contribution is -2.52. The Labute approximate surface area is 153 Å². The van der Waals surface area contributed by atoms with Crippen molar-refractivity contribution in [1.82, 2.24) is 19.6 Å². The number of aliphatic hydroxyl groups excluding tert-OH is 1. The van der Waals surface area contributed by atoms with Gasteiger partial charge < -0.3 is 9.84 Å². The Kier molecular flexibility index (Phi) is 6.24. The number of rotatable bonds is 7. The van der Waals surface area contributed by atoms with Crippen molar-refractivity contribution < 1.29 is 14.2 Å². The average Bonchev–Trinajstić information content (AvgIpc) is 3.03. The first-order valence-electron chi connectivity index (χ1n) is 8.96. The van der Waals surface area contributed by atoms with Crippen molar-refractivity contribution in [1.29, 1.82) is 0 Å². The minimum Gasteiger partial charge on any atom is -0.497 e. The first-order valence-corrected chi connectivity index (χ1v) is 8.96. The summed E-state index contributed by atoms with van der Waals surface area (Å²) in [7, 11) is 3.45. The zero-order valence-electron chi connectivity index (χ0n) is 15.4. The normalized spacial score (nSPS) is 19.0. The Morgan fingerprint density at radius 3 is 2.81 bits per heavy atom. The molecule has 0 radical (unpaired) electrons. The molecule has 0 saturated carbocycles. The van der Waals surface area contributed by atoms with Crippen molar-refractivity contribution in [3.63, 3.8) is 0 Å². The van der Waals surface area contributed by atoms with Crippen LogP contribution in [0.15, 0.2) is 30.6 Å². The van der Waals surface area contributed by atoms with Crippen LogP contribution in [0.5, 0.6) is 5.75 Å². The summed E-state index contributed by atoms with van der Waals surface area (Å²) in [6.07, 6.45) is 4.60. The maximum atomic E-state index is 14.3. The number of hydrogen-bond donors (Lipinski definition) is 1. The van der Waals surface area contributed by atoms with Gasteiger partial charge in [0.2, 0.25) is 0 Å². The second-order valence-corrected chi connectivity index (χ2v) is 6.85. The van der Waals surface area contributed by atoms with Crippen LogP contribution in [0.2, 0.25) is 0 Å². The summed E-state index contributed by atoms with van der Waals surface area (Å²) in [5, 5.41) is 13.7. The SMILES string of the molecule is COc1ccc(CN2CCN(Cc3cnn(C)c3)CC2CCO)c(F)c1. The van der Waals surface area contributed by atoms with E-state index >= 15 is 0 Å².